The molecular weight excluding hydrogens is 200 g/mol. The number of rotatable bonds is 5. The minimum atomic E-state index is 0.857. The van der Waals surface area contributed by atoms with Crippen molar-refractivity contribution in [3.05, 3.63) is 42.5 Å². The molecule has 0 saturated heterocycles. The van der Waals surface area contributed by atoms with E-state index in [1.54, 1.807) is 6.20 Å². The average Bonchev–Trinajstić information content (AvgIpc) is 2.83. The Kier molecular flexibility index (Phi) is 3.66. The van der Waals surface area contributed by atoms with Crippen molar-refractivity contribution in [3.8, 4) is 5.69 Å². The first kappa shape index (κ1) is 10.8. The number of nitrogens with zero attached hydrogens (tertiary/aromatic N) is 3. The van der Waals surface area contributed by atoms with E-state index in [1.807, 2.05) is 29.3 Å². The van der Waals surface area contributed by atoms with Crippen molar-refractivity contribution < 1.29 is 0 Å². The first-order chi connectivity index (χ1) is 7.90. The summed E-state index contributed by atoms with van der Waals surface area (Å²) in [5, 5.41) is 7.53. The smallest absolute Gasteiger partial charge is 0.0831 e. The molecular formula is C12H16N4. The predicted octanol–water partition coefficient (Wildman–Crippen LogP) is 1.77. The van der Waals surface area contributed by atoms with E-state index in [1.165, 1.54) is 5.56 Å². The number of aromatic nitrogens is 3. The highest BCUT2D eigenvalue weighted by Gasteiger charge is 1.98. The van der Waals surface area contributed by atoms with Crippen LogP contribution in [0, 0.1) is 0 Å². The highest BCUT2D eigenvalue weighted by atomic mass is 15.3. The van der Waals surface area contributed by atoms with E-state index in [4.69, 9.17) is 0 Å². The lowest BCUT2D eigenvalue weighted by atomic mass is 10.2. The second-order valence-corrected chi connectivity index (χ2v) is 3.68. The maximum Gasteiger partial charge on any atom is 0.0831 e. The summed E-state index contributed by atoms with van der Waals surface area (Å²) in [5.41, 5.74) is 2.18. The van der Waals surface area contributed by atoms with Crippen LogP contribution in [0.3, 0.4) is 0 Å². The molecule has 0 atom stereocenters. The van der Waals surface area contributed by atoms with Crippen LogP contribution in [0.2, 0.25) is 0 Å². The van der Waals surface area contributed by atoms with Crippen molar-refractivity contribution in [1.29, 1.82) is 0 Å². The van der Waals surface area contributed by atoms with E-state index in [0.29, 0.717) is 0 Å². The summed E-state index contributed by atoms with van der Waals surface area (Å²) in [6, 6.07) is 4.00. The van der Waals surface area contributed by atoms with Gasteiger partial charge in [-0.3, -0.25) is 4.98 Å². The molecule has 84 valence electrons. The Morgan fingerprint density at radius 3 is 3.06 bits per heavy atom. The molecule has 2 aromatic rings. The van der Waals surface area contributed by atoms with Crippen LogP contribution in [0.25, 0.3) is 5.69 Å². The largest absolute Gasteiger partial charge is 0.313 e. The van der Waals surface area contributed by atoms with Crippen molar-refractivity contribution in [1.82, 2.24) is 20.1 Å². The molecule has 1 N–H and O–H groups in total. The lowest BCUT2D eigenvalue weighted by Crippen LogP contribution is -2.14. The quantitative estimate of drug-likeness (QED) is 0.774. The fourth-order valence-electron chi connectivity index (χ4n) is 1.53. The van der Waals surface area contributed by atoms with Gasteiger partial charge in [0.25, 0.3) is 0 Å². The van der Waals surface area contributed by atoms with Crippen molar-refractivity contribution in [3.63, 3.8) is 0 Å². The maximum atomic E-state index is 4.22. The molecule has 0 spiro atoms. The molecule has 0 saturated carbocycles. The number of nitrogens with one attached hydrogen (secondary N) is 1. The Bertz CT molecular complexity index is 422. The molecule has 0 aliphatic carbocycles. The molecule has 16 heavy (non-hydrogen) atoms. The van der Waals surface area contributed by atoms with Crippen molar-refractivity contribution in [2.75, 3.05) is 6.54 Å². The van der Waals surface area contributed by atoms with Crippen LogP contribution >= 0.6 is 0 Å². The first-order valence-corrected chi connectivity index (χ1v) is 5.55. The van der Waals surface area contributed by atoms with E-state index in [2.05, 4.69) is 28.4 Å². The van der Waals surface area contributed by atoms with Gasteiger partial charge in [0.2, 0.25) is 0 Å². The number of hydrogen-bond donors (Lipinski definition) is 1. The third kappa shape index (κ3) is 2.67. The minimum Gasteiger partial charge on any atom is -0.313 e. The molecule has 2 heterocycles. The maximum absolute atomic E-state index is 4.22. The van der Waals surface area contributed by atoms with Crippen LogP contribution in [-0.2, 0) is 6.54 Å². The number of pyridine rings is 1. The van der Waals surface area contributed by atoms with Crippen LogP contribution in [-0.4, -0.2) is 21.3 Å². The summed E-state index contributed by atoms with van der Waals surface area (Å²) in [6.07, 6.45) is 8.53. The second kappa shape index (κ2) is 5.42. The fraction of sp³-hybridized carbons (Fsp3) is 0.333. The summed E-state index contributed by atoms with van der Waals surface area (Å²) in [6.45, 7) is 4.05. The van der Waals surface area contributed by atoms with Gasteiger partial charge in [-0.2, -0.15) is 5.10 Å². The van der Waals surface area contributed by atoms with Crippen LogP contribution < -0.4 is 5.32 Å². The molecule has 4 heteroatoms. The van der Waals surface area contributed by atoms with Gasteiger partial charge in [0.1, 0.15) is 0 Å². The SMILES string of the molecule is CCCNCc1cncc(-n2cccn2)c1. The zero-order valence-electron chi connectivity index (χ0n) is 9.43. The summed E-state index contributed by atoms with van der Waals surface area (Å²) in [7, 11) is 0. The molecule has 0 fully saturated rings. The summed E-state index contributed by atoms with van der Waals surface area (Å²) >= 11 is 0. The van der Waals surface area contributed by atoms with Crippen molar-refractivity contribution in [2.45, 2.75) is 19.9 Å². The Morgan fingerprint density at radius 1 is 1.38 bits per heavy atom. The van der Waals surface area contributed by atoms with Gasteiger partial charge < -0.3 is 5.32 Å². The standard InChI is InChI=1S/C12H16N4/c1-2-4-13-8-11-7-12(10-14-9-11)16-6-3-5-15-16/h3,5-7,9-10,13H,2,4,8H2,1H3. The zero-order chi connectivity index (χ0) is 11.2. The van der Waals surface area contributed by atoms with Gasteiger partial charge in [-0.25, -0.2) is 4.68 Å². The summed E-state index contributed by atoms with van der Waals surface area (Å²) < 4.78 is 1.82. The molecule has 0 aliphatic rings. The van der Waals surface area contributed by atoms with Gasteiger partial charge >= 0.3 is 0 Å². The molecule has 0 amide bonds. The van der Waals surface area contributed by atoms with Crippen molar-refractivity contribution in [2.24, 2.45) is 0 Å². The predicted molar refractivity (Wildman–Crippen MR) is 63.4 cm³/mol. The molecule has 2 aromatic heterocycles. The molecule has 0 aliphatic heterocycles. The van der Waals surface area contributed by atoms with Crippen LogP contribution in [0.15, 0.2) is 36.9 Å². The Morgan fingerprint density at radius 2 is 2.31 bits per heavy atom. The Balaban J connectivity index is 2.08. The topological polar surface area (TPSA) is 42.7 Å². The van der Waals surface area contributed by atoms with Gasteiger partial charge in [0.05, 0.1) is 11.9 Å². The van der Waals surface area contributed by atoms with Crippen LogP contribution in [0.1, 0.15) is 18.9 Å². The Hall–Kier alpha value is -1.68. The molecule has 0 bridgehead atoms. The van der Waals surface area contributed by atoms with Crippen LogP contribution in [0.5, 0.6) is 0 Å². The van der Waals surface area contributed by atoms with Gasteiger partial charge in [-0.15, -0.1) is 0 Å². The average molecular weight is 216 g/mol. The molecule has 4 nitrogen and oxygen atoms in total. The Labute approximate surface area is 95.3 Å². The first-order valence-electron chi connectivity index (χ1n) is 5.55. The third-order valence-corrected chi connectivity index (χ3v) is 2.31. The number of hydrogen-bond acceptors (Lipinski definition) is 3. The minimum absolute atomic E-state index is 0.857. The summed E-state index contributed by atoms with van der Waals surface area (Å²) in [4.78, 5) is 4.22. The fourth-order valence-corrected chi connectivity index (χ4v) is 1.53. The van der Waals surface area contributed by atoms with Gasteiger partial charge in [0.15, 0.2) is 0 Å². The van der Waals surface area contributed by atoms with E-state index in [0.717, 1.165) is 25.2 Å². The summed E-state index contributed by atoms with van der Waals surface area (Å²) in [5.74, 6) is 0. The second-order valence-electron chi connectivity index (χ2n) is 3.68. The van der Waals surface area contributed by atoms with E-state index >= 15 is 0 Å². The highest BCUT2D eigenvalue weighted by Crippen LogP contribution is 2.07. The normalized spacial score (nSPS) is 10.6. The van der Waals surface area contributed by atoms with Crippen molar-refractivity contribution >= 4 is 0 Å². The molecule has 2 rings (SSSR count). The monoisotopic (exact) mass is 216 g/mol. The van der Waals surface area contributed by atoms with Gasteiger partial charge in [-0.1, -0.05) is 6.92 Å². The lowest BCUT2D eigenvalue weighted by molar-refractivity contribution is 0.673. The van der Waals surface area contributed by atoms with E-state index in [9.17, 15) is 0 Å². The molecule has 0 aromatic carbocycles. The van der Waals surface area contributed by atoms with E-state index in [-0.39, 0.29) is 0 Å². The highest BCUT2D eigenvalue weighted by molar-refractivity contribution is 5.30. The van der Waals surface area contributed by atoms with Gasteiger partial charge in [0, 0.05) is 25.1 Å². The van der Waals surface area contributed by atoms with Crippen LogP contribution in [0.4, 0.5) is 0 Å². The zero-order valence-corrected chi connectivity index (χ0v) is 9.43. The lowest BCUT2D eigenvalue weighted by Gasteiger charge is -2.05. The third-order valence-electron chi connectivity index (χ3n) is 2.31. The van der Waals surface area contributed by atoms with Gasteiger partial charge in [-0.05, 0) is 30.7 Å². The molecule has 0 radical (unpaired) electrons. The van der Waals surface area contributed by atoms with E-state index < -0.39 is 0 Å². The molecule has 0 unspecified atom stereocenters.